The Labute approximate surface area is 120 Å². The first-order valence-electron chi connectivity index (χ1n) is 5.70. The van der Waals surface area contributed by atoms with E-state index in [0.29, 0.717) is 0 Å². The van der Waals surface area contributed by atoms with Crippen molar-refractivity contribution in [2.45, 2.75) is 13.0 Å². The van der Waals surface area contributed by atoms with E-state index in [1.54, 1.807) is 18.4 Å². The zero-order valence-electron chi connectivity index (χ0n) is 10.7. The van der Waals surface area contributed by atoms with Gasteiger partial charge in [-0.3, -0.25) is 0 Å². The third-order valence-electron chi connectivity index (χ3n) is 2.99. The summed E-state index contributed by atoms with van der Waals surface area (Å²) in [5.74, 6) is 0.929. The molecule has 0 spiro atoms. The van der Waals surface area contributed by atoms with E-state index >= 15 is 0 Å². The second-order valence-electron chi connectivity index (χ2n) is 4.13. The van der Waals surface area contributed by atoms with Crippen LogP contribution in [0.15, 0.2) is 33.4 Å². The predicted octanol–water partition coefficient (Wildman–Crippen LogP) is 4.14. The summed E-state index contributed by atoms with van der Waals surface area (Å²) in [6, 6.07) is 6.51. The van der Waals surface area contributed by atoms with E-state index in [9.17, 15) is 0 Å². The average molecular weight is 326 g/mol. The number of benzene rings is 1. The topological polar surface area (TPSA) is 21.3 Å². The molecule has 0 aliphatic rings. The van der Waals surface area contributed by atoms with Crippen molar-refractivity contribution >= 4 is 27.3 Å². The molecule has 0 bridgehead atoms. The lowest BCUT2D eigenvalue weighted by atomic mass is 9.99. The van der Waals surface area contributed by atoms with E-state index in [0.717, 1.165) is 15.8 Å². The average Bonchev–Trinajstić information content (AvgIpc) is 2.77. The van der Waals surface area contributed by atoms with Gasteiger partial charge in [0.2, 0.25) is 0 Å². The minimum Gasteiger partial charge on any atom is -0.496 e. The quantitative estimate of drug-likeness (QED) is 0.912. The summed E-state index contributed by atoms with van der Waals surface area (Å²) >= 11 is 5.30. The summed E-state index contributed by atoms with van der Waals surface area (Å²) in [6.07, 6.45) is 0. The molecule has 0 fully saturated rings. The van der Waals surface area contributed by atoms with Crippen molar-refractivity contribution in [3.05, 3.63) is 50.1 Å². The Morgan fingerprint density at radius 1 is 1.33 bits per heavy atom. The molecule has 0 saturated carbocycles. The molecule has 1 aromatic heterocycles. The lowest BCUT2D eigenvalue weighted by molar-refractivity contribution is 0.411. The zero-order valence-corrected chi connectivity index (χ0v) is 13.1. The van der Waals surface area contributed by atoms with Crippen LogP contribution in [0.2, 0.25) is 0 Å². The largest absolute Gasteiger partial charge is 0.496 e. The van der Waals surface area contributed by atoms with Crippen LogP contribution < -0.4 is 10.1 Å². The van der Waals surface area contributed by atoms with Gasteiger partial charge in [-0.1, -0.05) is 12.1 Å². The number of methoxy groups -OCH3 is 1. The Bertz CT molecular complexity index is 538. The molecule has 1 aromatic carbocycles. The Kier molecular flexibility index (Phi) is 4.43. The zero-order chi connectivity index (χ0) is 13.1. The van der Waals surface area contributed by atoms with Gasteiger partial charge < -0.3 is 10.1 Å². The monoisotopic (exact) mass is 325 g/mol. The van der Waals surface area contributed by atoms with Gasteiger partial charge in [0.25, 0.3) is 0 Å². The molecular weight excluding hydrogens is 310 g/mol. The molecule has 1 atom stereocenters. The minimum atomic E-state index is 0.204. The maximum Gasteiger partial charge on any atom is 0.121 e. The Morgan fingerprint density at radius 2 is 2.11 bits per heavy atom. The summed E-state index contributed by atoms with van der Waals surface area (Å²) in [5, 5.41) is 7.64. The van der Waals surface area contributed by atoms with Gasteiger partial charge in [-0.2, -0.15) is 11.3 Å². The van der Waals surface area contributed by atoms with Crippen molar-refractivity contribution in [2.24, 2.45) is 0 Å². The number of rotatable bonds is 4. The van der Waals surface area contributed by atoms with E-state index < -0.39 is 0 Å². The Balaban J connectivity index is 2.40. The normalized spacial score (nSPS) is 12.4. The van der Waals surface area contributed by atoms with Crippen LogP contribution in [0.5, 0.6) is 5.75 Å². The van der Waals surface area contributed by atoms with Crippen LogP contribution in [-0.4, -0.2) is 14.2 Å². The highest BCUT2D eigenvalue weighted by Gasteiger charge is 2.16. The minimum absolute atomic E-state index is 0.204. The molecule has 0 amide bonds. The highest BCUT2D eigenvalue weighted by Crippen LogP contribution is 2.32. The number of aryl methyl sites for hydroxylation is 1. The highest BCUT2D eigenvalue weighted by molar-refractivity contribution is 9.10. The fraction of sp³-hybridized carbons (Fsp3) is 0.286. The summed E-state index contributed by atoms with van der Waals surface area (Å²) in [4.78, 5) is 0. The van der Waals surface area contributed by atoms with Gasteiger partial charge >= 0.3 is 0 Å². The van der Waals surface area contributed by atoms with Crippen LogP contribution in [0.3, 0.4) is 0 Å². The van der Waals surface area contributed by atoms with Gasteiger partial charge in [0.05, 0.1) is 13.2 Å². The third kappa shape index (κ3) is 2.60. The van der Waals surface area contributed by atoms with E-state index in [-0.39, 0.29) is 6.04 Å². The van der Waals surface area contributed by atoms with Gasteiger partial charge in [0, 0.05) is 9.85 Å². The molecule has 0 aliphatic heterocycles. The molecule has 1 heterocycles. The molecule has 2 nitrogen and oxygen atoms in total. The molecule has 0 saturated heterocycles. The van der Waals surface area contributed by atoms with Crippen molar-refractivity contribution in [1.82, 2.24) is 5.32 Å². The van der Waals surface area contributed by atoms with Crippen LogP contribution in [0.25, 0.3) is 0 Å². The lowest BCUT2D eigenvalue weighted by Gasteiger charge is -2.18. The van der Waals surface area contributed by atoms with Gasteiger partial charge in [0.1, 0.15) is 5.75 Å². The van der Waals surface area contributed by atoms with Crippen molar-refractivity contribution in [2.75, 3.05) is 14.2 Å². The van der Waals surface area contributed by atoms with Gasteiger partial charge in [-0.25, -0.2) is 0 Å². The van der Waals surface area contributed by atoms with Gasteiger partial charge in [0.15, 0.2) is 0 Å². The van der Waals surface area contributed by atoms with Crippen molar-refractivity contribution in [3.8, 4) is 5.75 Å². The van der Waals surface area contributed by atoms with Crippen LogP contribution in [0.1, 0.15) is 22.7 Å². The van der Waals surface area contributed by atoms with Crippen molar-refractivity contribution in [3.63, 3.8) is 0 Å². The SMILES string of the molecule is CNC(c1ccc(OC)c(C)c1)c1cscc1Br. The fourth-order valence-corrected chi connectivity index (χ4v) is 3.63. The van der Waals surface area contributed by atoms with Crippen LogP contribution in [-0.2, 0) is 0 Å². The van der Waals surface area contributed by atoms with Crippen LogP contribution in [0, 0.1) is 6.92 Å². The molecule has 1 unspecified atom stereocenters. The van der Waals surface area contributed by atoms with Gasteiger partial charge in [-0.05, 0) is 58.0 Å². The molecule has 4 heteroatoms. The van der Waals surface area contributed by atoms with Crippen LogP contribution >= 0.6 is 27.3 Å². The van der Waals surface area contributed by atoms with Crippen molar-refractivity contribution in [1.29, 1.82) is 0 Å². The van der Waals surface area contributed by atoms with Crippen molar-refractivity contribution < 1.29 is 4.74 Å². The first-order valence-corrected chi connectivity index (χ1v) is 7.44. The second-order valence-corrected chi connectivity index (χ2v) is 5.72. The molecule has 1 N–H and O–H groups in total. The first-order chi connectivity index (χ1) is 8.67. The number of nitrogens with one attached hydrogen (secondary N) is 1. The first kappa shape index (κ1) is 13.6. The molecule has 0 radical (unpaired) electrons. The highest BCUT2D eigenvalue weighted by atomic mass is 79.9. The molecule has 0 aliphatic carbocycles. The molecule has 2 rings (SSSR count). The maximum atomic E-state index is 5.30. The fourth-order valence-electron chi connectivity index (χ4n) is 2.08. The Morgan fingerprint density at radius 3 is 2.61 bits per heavy atom. The number of halogens is 1. The molecular formula is C14H16BrNOS. The summed E-state index contributed by atoms with van der Waals surface area (Å²) in [5.41, 5.74) is 3.67. The second kappa shape index (κ2) is 5.87. The standard InChI is InChI=1S/C14H16BrNOS/c1-9-6-10(4-5-13(9)17-3)14(16-2)11-7-18-8-12(11)15/h4-8,14,16H,1-3H3. The summed E-state index contributed by atoms with van der Waals surface area (Å²) < 4.78 is 6.45. The maximum absolute atomic E-state index is 5.30. The lowest BCUT2D eigenvalue weighted by Crippen LogP contribution is -2.17. The smallest absolute Gasteiger partial charge is 0.121 e. The number of hydrogen-bond donors (Lipinski definition) is 1. The number of hydrogen-bond acceptors (Lipinski definition) is 3. The van der Waals surface area contributed by atoms with E-state index in [1.807, 2.05) is 13.1 Å². The van der Waals surface area contributed by atoms with Crippen LogP contribution in [0.4, 0.5) is 0 Å². The molecule has 2 aromatic rings. The summed E-state index contributed by atoms with van der Waals surface area (Å²) in [6.45, 7) is 2.07. The molecule has 96 valence electrons. The third-order valence-corrected chi connectivity index (χ3v) is 4.75. The van der Waals surface area contributed by atoms with E-state index in [4.69, 9.17) is 4.74 Å². The number of ether oxygens (including phenoxy) is 1. The predicted molar refractivity (Wildman–Crippen MR) is 80.7 cm³/mol. The number of thiophene rings is 1. The van der Waals surface area contributed by atoms with E-state index in [2.05, 4.69) is 51.1 Å². The molecule has 18 heavy (non-hydrogen) atoms. The summed E-state index contributed by atoms with van der Waals surface area (Å²) in [7, 11) is 3.68. The Hall–Kier alpha value is -0.840. The van der Waals surface area contributed by atoms with E-state index in [1.165, 1.54) is 11.1 Å². The van der Waals surface area contributed by atoms with Gasteiger partial charge in [-0.15, -0.1) is 0 Å².